The Kier molecular flexibility index (Phi) is 6.48. The van der Waals surface area contributed by atoms with E-state index in [0.29, 0.717) is 13.1 Å². The minimum Gasteiger partial charge on any atom is -0.351 e. The minimum atomic E-state index is 0.0774. The standard InChI is InChI=1S/C14H20N2OS/c1-3-5-11(2)14(17)16-10-13-12(6-4-8-15)7-9-18-13/h7,9,11H,3,5,8,10,15H2,1-2H3,(H,16,17). The van der Waals surface area contributed by atoms with Crippen molar-refractivity contribution < 1.29 is 4.79 Å². The molecule has 3 N–H and O–H groups in total. The molecule has 98 valence electrons. The fourth-order valence-electron chi connectivity index (χ4n) is 1.64. The molecule has 0 saturated heterocycles. The minimum absolute atomic E-state index is 0.0774. The van der Waals surface area contributed by atoms with Crippen LogP contribution >= 0.6 is 11.3 Å². The fraction of sp³-hybridized carbons (Fsp3) is 0.500. The average molecular weight is 264 g/mol. The molecule has 0 aliphatic heterocycles. The Labute approximate surface area is 113 Å². The molecule has 0 spiro atoms. The van der Waals surface area contributed by atoms with Crippen LogP contribution in [0.25, 0.3) is 0 Å². The van der Waals surface area contributed by atoms with E-state index in [1.54, 1.807) is 11.3 Å². The number of rotatable bonds is 5. The maximum Gasteiger partial charge on any atom is 0.223 e. The fourth-order valence-corrected chi connectivity index (χ4v) is 2.41. The van der Waals surface area contributed by atoms with E-state index < -0.39 is 0 Å². The molecule has 0 bridgehead atoms. The topological polar surface area (TPSA) is 55.1 Å². The molecule has 1 aromatic heterocycles. The first-order valence-electron chi connectivity index (χ1n) is 6.22. The van der Waals surface area contributed by atoms with E-state index in [-0.39, 0.29) is 11.8 Å². The highest BCUT2D eigenvalue weighted by Gasteiger charge is 2.12. The summed E-state index contributed by atoms with van der Waals surface area (Å²) >= 11 is 1.61. The van der Waals surface area contributed by atoms with Gasteiger partial charge in [0, 0.05) is 16.4 Å². The Bertz CT molecular complexity index is 442. The molecular formula is C14H20N2OS. The van der Waals surface area contributed by atoms with Crippen LogP contribution < -0.4 is 11.1 Å². The lowest BCUT2D eigenvalue weighted by Gasteiger charge is -2.10. The van der Waals surface area contributed by atoms with Crippen molar-refractivity contribution in [2.24, 2.45) is 11.7 Å². The third-order valence-electron chi connectivity index (χ3n) is 2.66. The highest BCUT2D eigenvalue weighted by molar-refractivity contribution is 7.10. The summed E-state index contributed by atoms with van der Waals surface area (Å²) in [5, 5.41) is 4.94. The van der Waals surface area contributed by atoms with Gasteiger partial charge >= 0.3 is 0 Å². The van der Waals surface area contributed by atoms with Crippen molar-refractivity contribution in [3.8, 4) is 11.8 Å². The highest BCUT2D eigenvalue weighted by Crippen LogP contribution is 2.15. The molecule has 0 aliphatic carbocycles. The second-order valence-corrected chi connectivity index (χ2v) is 5.17. The van der Waals surface area contributed by atoms with Gasteiger partial charge in [0.15, 0.2) is 0 Å². The van der Waals surface area contributed by atoms with Gasteiger partial charge in [0.25, 0.3) is 0 Å². The number of hydrogen-bond donors (Lipinski definition) is 2. The second-order valence-electron chi connectivity index (χ2n) is 4.17. The summed E-state index contributed by atoms with van der Waals surface area (Å²) < 4.78 is 0. The van der Waals surface area contributed by atoms with Crippen LogP contribution in [-0.4, -0.2) is 12.5 Å². The van der Waals surface area contributed by atoms with Crippen LogP contribution in [-0.2, 0) is 11.3 Å². The molecule has 0 aliphatic rings. The Balaban J connectivity index is 2.53. The number of amides is 1. The van der Waals surface area contributed by atoms with Crippen LogP contribution in [0.5, 0.6) is 0 Å². The molecule has 0 aromatic carbocycles. The summed E-state index contributed by atoms with van der Waals surface area (Å²) in [6, 6.07) is 1.96. The molecule has 18 heavy (non-hydrogen) atoms. The van der Waals surface area contributed by atoms with Crippen molar-refractivity contribution in [3.05, 3.63) is 21.9 Å². The maximum absolute atomic E-state index is 11.8. The van der Waals surface area contributed by atoms with E-state index in [1.807, 2.05) is 18.4 Å². The predicted octanol–water partition coefficient (Wildman–Crippen LogP) is 2.11. The van der Waals surface area contributed by atoms with Crippen molar-refractivity contribution in [3.63, 3.8) is 0 Å². The molecule has 3 nitrogen and oxygen atoms in total. The lowest BCUT2D eigenvalue weighted by atomic mass is 10.1. The van der Waals surface area contributed by atoms with E-state index in [1.165, 1.54) is 0 Å². The number of nitrogens with two attached hydrogens (primary N) is 1. The van der Waals surface area contributed by atoms with Crippen LogP contribution in [0.4, 0.5) is 0 Å². The Morgan fingerprint density at radius 1 is 1.61 bits per heavy atom. The van der Waals surface area contributed by atoms with Gasteiger partial charge in [0.1, 0.15) is 0 Å². The van der Waals surface area contributed by atoms with Crippen molar-refractivity contribution in [1.29, 1.82) is 0 Å². The van der Waals surface area contributed by atoms with Gasteiger partial charge in [-0.3, -0.25) is 4.79 Å². The first-order valence-corrected chi connectivity index (χ1v) is 7.10. The first kappa shape index (κ1) is 14.7. The Morgan fingerprint density at radius 2 is 2.39 bits per heavy atom. The summed E-state index contributed by atoms with van der Waals surface area (Å²) in [6.07, 6.45) is 1.96. The van der Waals surface area contributed by atoms with E-state index >= 15 is 0 Å². The Hall–Kier alpha value is -1.31. The number of carbonyl (C=O) groups excluding carboxylic acids is 1. The number of nitrogens with one attached hydrogen (secondary N) is 1. The van der Waals surface area contributed by atoms with Crippen molar-refractivity contribution in [2.45, 2.75) is 33.2 Å². The SMILES string of the molecule is CCCC(C)C(=O)NCc1sccc1C#CCN. The monoisotopic (exact) mass is 264 g/mol. The van der Waals surface area contributed by atoms with Crippen molar-refractivity contribution in [2.75, 3.05) is 6.54 Å². The van der Waals surface area contributed by atoms with E-state index in [2.05, 4.69) is 24.1 Å². The van der Waals surface area contributed by atoms with Crippen LogP contribution in [0.3, 0.4) is 0 Å². The van der Waals surface area contributed by atoms with Crippen LogP contribution in [0, 0.1) is 17.8 Å². The lowest BCUT2D eigenvalue weighted by Crippen LogP contribution is -2.28. The molecular weight excluding hydrogens is 244 g/mol. The van der Waals surface area contributed by atoms with Gasteiger partial charge in [0.2, 0.25) is 5.91 Å². The molecule has 1 amide bonds. The lowest BCUT2D eigenvalue weighted by molar-refractivity contribution is -0.124. The first-order chi connectivity index (χ1) is 8.69. The smallest absolute Gasteiger partial charge is 0.223 e. The van der Waals surface area contributed by atoms with Crippen LogP contribution in [0.2, 0.25) is 0 Å². The van der Waals surface area contributed by atoms with Gasteiger partial charge in [-0.2, -0.15) is 0 Å². The molecule has 4 heteroatoms. The van der Waals surface area contributed by atoms with Crippen LogP contribution in [0.1, 0.15) is 37.1 Å². The number of thiophene rings is 1. The van der Waals surface area contributed by atoms with Crippen LogP contribution in [0.15, 0.2) is 11.4 Å². The van der Waals surface area contributed by atoms with Gasteiger partial charge in [-0.05, 0) is 17.9 Å². The molecule has 1 unspecified atom stereocenters. The normalized spacial score (nSPS) is 11.5. The van der Waals surface area contributed by atoms with Gasteiger partial charge in [-0.1, -0.05) is 32.1 Å². The van der Waals surface area contributed by atoms with E-state index in [0.717, 1.165) is 23.3 Å². The molecule has 1 rings (SSSR count). The number of carbonyl (C=O) groups is 1. The van der Waals surface area contributed by atoms with Gasteiger partial charge in [-0.15, -0.1) is 11.3 Å². The van der Waals surface area contributed by atoms with Gasteiger partial charge in [0.05, 0.1) is 13.1 Å². The zero-order valence-corrected chi connectivity index (χ0v) is 11.8. The predicted molar refractivity (Wildman–Crippen MR) is 76.2 cm³/mol. The second kappa shape index (κ2) is 7.91. The van der Waals surface area contributed by atoms with Crippen molar-refractivity contribution in [1.82, 2.24) is 5.32 Å². The molecule has 1 aromatic rings. The third-order valence-corrected chi connectivity index (χ3v) is 3.58. The molecule has 1 heterocycles. The summed E-state index contributed by atoms with van der Waals surface area (Å²) in [6.45, 7) is 4.96. The Morgan fingerprint density at radius 3 is 3.06 bits per heavy atom. The maximum atomic E-state index is 11.8. The number of hydrogen-bond acceptors (Lipinski definition) is 3. The summed E-state index contributed by atoms with van der Waals surface area (Å²) in [7, 11) is 0. The summed E-state index contributed by atoms with van der Waals surface area (Å²) in [5.74, 6) is 6.04. The third kappa shape index (κ3) is 4.52. The largest absolute Gasteiger partial charge is 0.351 e. The average Bonchev–Trinajstić information content (AvgIpc) is 2.81. The summed E-state index contributed by atoms with van der Waals surface area (Å²) in [4.78, 5) is 12.9. The quantitative estimate of drug-likeness (QED) is 0.800. The zero-order chi connectivity index (χ0) is 13.4. The molecule has 0 fully saturated rings. The van der Waals surface area contributed by atoms with Gasteiger partial charge in [-0.25, -0.2) is 0 Å². The van der Waals surface area contributed by atoms with E-state index in [4.69, 9.17) is 5.73 Å². The zero-order valence-electron chi connectivity index (χ0n) is 11.0. The molecule has 0 saturated carbocycles. The summed E-state index contributed by atoms with van der Waals surface area (Å²) in [5.41, 5.74) is 6.32. The van der Waals surface area contributed by atoms with Crippen molar-refractivity contribution >= 4 is 17.2 Å². The highest BCUT2D eigenvalue weighted by atomic mass is 32.1. The van der Waals surface area contributed by atoms with E-state index in [9.17, 15) is 4.79 Å². The van der Waals surface area contributed by atoms with Gasteiger partial charge < -0.3 is 11.1 Å². The molecule has 0 radical (unpaired) electrons. The molecule has 1 atom stereocenters.